The molecule has 1 aromatic carbocycles. The molecule has 0 heterocycles. The molecule has 1 rings (SSSR count). The van der Waals surface area contributed by atoms with Crippen LogP contribution in [0.3, 0.4) is 0 Å². The summed E-state index contributed by atoms with van der Waals surface area (Å²) in [6.45, 7) is 4.24. The molecule has 1 aromatic rings. The summed E-state index contributed by atoms with van der Waals surface area (Å²) >= 11 is 0. The van der Waals surface area contributed by atoms with Gasteiger partial charge in [-0.1, -0.05) is 43.5 Å². The third-order valence-electron chi connectivity index (χ3n) is 1.69. The van der Waals surface area contributed by atoms with Crippen molar-refractivity contribution >= 4 is 12.7 Å². The normalized spacial score (nSPS) is 9.40. The van der Waals surface area contributed by atoms with Gasteiger partial charge in [0, 0.05) is 0 Å². The molecule has 1 heteroatoms. The summed E-state index contributed by atoms with van der Waals surface area (Å²) in [5.41, 5.74) is 2.73. The highest BCUT2D eigenvalue weighted by Gasteiger charge is 1.90. The minimum Gasteiger partial charge on any atom is -0.0878 e. The van der Waals surface area contributed by atoms with Crippen molar-refractivity contribution < 1.29 is 0 Å². The zero-order valence-electron chi connectivity index (χ0n) is 6.59. The standard InChI is InChI=1S/C9H12B/c1-3-8-5-4-6-9(7-8)10-2/h4-7H,3H2,1-2H3. The van der Waals surface area contributed by atoms with E-state index in [1.165, 1.54) is 11.0 Å². The molecular formula is C9H12B. The molecule has 0 N–H and O–H groups in total. The van der Waals surface area contributed by atoms with E-state index in [-0.39, 0.29) is 0 Å². The van der Waals surface area contributed by atoms with Crippen LogP contribution in [0.5, 0.6) is 0 Å². The summed E-state index contributed by atoms with van der Waals surface area (Å²) < 4.78 is 0. The van der Waals surface area contributed by atoms with Crippen molar-refractivity contribution in [2.75, 3.05) is 0 Å². The van der Waals surface area contributed by atoms with Crippen LogP contribution in [-0.2, 0) is 6.42 Å². The molecule has 0 amide bonds. The lowest BCUT2D eigenvalue weighted by Gasteiger charge is -1.98. The van der Waals surface area contributed by atoms with E-state index in [1.54, 1.807) is 0 Å². The molecule has 0 saturated heterocycles. The summed E-state index contributed by atoms with van der Waals surface area (Å²) in [6.07, 6.45) is 1.13. The Morgan fingerprint density at radius 2 is 2.20 bits per heavy atom. The lowest BCUT2D eigenvalue weighted by molar-refractivity contribution is 1.14. The van der Waals surface area contributed by atoms with Gasteiger partial charge < -0.3 is 0 Å². The molecule has 0 spiro atoms. The monoisotopic (exact) mass is 131 g/mol. The van der Waals surface area contributed by atoms with Crippen molar-refractivity contribution in [2.45, 2.75) is 20.2 Å². The first kappa shape index (κ1) is 7.39. The number of hydrogen-bond acceptors (Lipinski definition) is 0. The third-order valence-corrected chi connectivity index (χ3v) is 1.69. The van der Waals surface area contributed by atoms with Crippen molar-refractivity contribution in [1.29, 1.82) is 0 Å². The number of benzene rings is 1. The maximum atomic E-state index is 2.22. The molecule has 1 radical (unpaired) electrons. The summed E-state index contributed by atoms with van der Waals surface area (Å²) in [6, 6.07) is 8.61. The molecule has 51 valence electrons. The quantitative estimate of drug-likeness (QED) is 0.535. The molecule has 0 fully saturated rings. The Bertz CT molecular complexity index is 186. The molecule has 0 aliphatic carbocycles. The fraction of sp³-hybridized carbons (Fsp3) is 0.333. The van der Waals surface area contributed by atoms with Crippen molar-refractivity contribution in [3.05, 3.63) is 29.8 Å². The lowest BCUT2D eigenvalue weighted by atomic mass is 9.73. The molecule has 0 aliphatic rings. The zero-order valence-corrected chi connectivity index (χ0v) is 6.59. The highest BCUT2D eigenvalue weighted by Crippen LogP contribution is 1.95. The van der Waals surface area contributed by atoms with Crippen LogP contribution in [0.2, 0.25) is 6.82 Å². The SMILES string of the molecule is C[B]c1cccc(CC)c1. The molecule has 0 unspecified atom stereocenters. The second kappa shape index (κ2) is 3.45. The fourth-order valence-corrected chi connectivity index (χ4v) is 0.993. The van der Waals surface area contributed by atoms with E-state index in [0.717, 1.165) is 6.42 Å². The van der Waals surface area contributed by atoms with Crippen molar-refractivity contribution in [2.24, 2.45) is 0 Å². The smallest absolute Gasteiger partial charge is 0.0878 e. The number of aryl methyl sites for hydroxylation is 1. The second-order valence-corrected chi connectivity index (χ2v) is 2.39. The molecule has 0 aliphatic heterocycles. The van der Waals surface area contributed by atoms with E-state index in [1.807, 2.05) is 0 Å². The summed E-state index contributed by atoms with van der Waals surface area (Å²) in [7, 11) is 2.12. The molecule has 0 saturated carbocycles. The van der Waals surface area contributed by atoms with Crippen molar-refractivity contribution in [3.63, 3.8) is 0 Å². The van der Waals surface area contributed by atoms with Crippen LogP contribution in [0.25, 0.3) is 0 Å². The van der Waals surface area contributed by atoms with Gasteiger partial charge in [0.1, 0.15) is 7.28 Å². The molecule has 0 bridgehead atoms. The topological polar surface area (TPSA) is 0 Å². The van der Waals surface area contributed by atoms with Crippen molar-refractivity contribution in [1.82, 2.24) is 0 Å². The fourth-order valence-electron chi connectivity index (χ4n) is 0.993. The Labute approximate surface area is 63.5 Å². The molecular weight excluding hydrogens is 119 g/mol. The summed E-state index contributed by atoms with van der Waals surface area (Å²) in [5.74, 6) is 0. The van der Waals surface area contributed by atoms with E-state index in [9.17, 15) is 0 Å². The van der Waals surface area contributed by atoms with Gasteiger partial charge in [-0.15, -0.1) is 0 Å². The summed E-state index contributed by atoms with van der Waals surface area (Å²) in [5, 5.41) is 0. The predicted octanol–water partition coefficient (Wildman–Crippen LogP) is 1.63. The molecule has 0 aromatic heterocycles. The second-order valence-electron chi connectivity index (χ2n) is 2.39. The Morgan fingerprint density at radius 1 is 1.40 bits per heavy atom. The molecule has 10 heavy (non-hydrogen) atoms. The van der Waals surface area contributed by atoms with Gasteiger partial charge in [0.25, 0.3) is 0 Å². The van der Waals surface area contributed by atoms with Crippen LogP contribution in [0, 0.1) is 0 Å². The van der Waals surface area contributed by atoms with Gasteiger partial charge in [0.15, 0.2) is 0 Å². The van der Waals surface area contributed by atoms with Crippen LogP contribution in [0.1, 0.15) is 12.5 Å². The van der Waals surface area contributed by atoms with Crippen LogP contribution in [0.15, 0.2) is 24.3 Å². The highest BCUT2D eigenvalue weighted by atomic mass is 13.9. The van der Waals surface area contributed by atoms with E-state index in [0.29, 0.717) is 0 Å². The Hall–Kier alpha value is -0.715. The minimum atomic E-state index is 1.13. The highest BCUT2D eigenvalue weighted by molar-refractivity contribution is 6.51. The largest absolute Gasteiger partial charge is 0.148 e. The molecule has 0 atom stereocenters. The van der Waals surface area contributed by atoms with Crippen LogP contribution in [0.4, 0.5) is 0 Å². The first-order valence-corrected chi connectivity index (χ1v) is 3.75. The van der Waals surface area contributed by atoms with Gasteiger partial charge in [-0.2, -0.15) is 0 Å². The average Bonchev–Trinajstić information content (AvgIpc) is 2.05. The third kappa shape index (κ3) is 1.63. The van der Waals surface area contributed by atoms with Gasteiger partial charge in [-0.3, -0.25) is 0 Å². The zero-order chi connectivity index (χ0) is 7.40. The van der Waals surface area contributed by atoms with Crippen LogP contribution >= 0.6 is 0 Å². The van der Waals surface area contributed by atoms with Gasteiger partial charge in [0.2, 0.25) is 0 Å². The van der Waals surface area contributed by atoms with E-state index >= 15 is 0 Å². The van der Waals surface area contributed by atoms with E-state index < -0.39 is 0 Å². The first-order chi connectivity index (χ1) is 4.86. The van der Waals surface area contributed by atoms with Crippen LogP contribution < -0.4 is 5.46 Å². The van der Waals surface area contributed by atoms with Gasteiger partial charge in [-0.25, -0.2) is 0 Å². The average molecular weight is 131 g/mol. The predicted molar refractivity (Wildman–Crippen MR) is 47.1 cm³/mol. The Kier molecular flexibility index (Phi) is 2.55. The molecule has 0 nitrogen and oxygen atoms in total. The first-order valence-electron chi connectivity index (χ1n) is 3.75. The maximum Gasteiger partial charge on any atom is 0.148 e. The lowest BCUT2D eigenvalue weighted by Crippen LogP contribution is -2.09. The summed E-state index contributed by atoms with van der Waals surface area (Å²) in [4.78, 5) is 0. The Balaban J connectivity index is 2.87. The Morgan fingerprint density at radius 3 is 2.80 bits per heavy atom. The van der Waals surface area contributed by atoms with Crippen LogP contribution in [-0.4, -0.2) is 7.28 Å². The number of rotatable bonds is 2. The van der Waals surface area contributed by atoms with Crippen molar-refractivity contribution in [3.8, 4) is 0 Å². The minimum absolute atomic E-state index is 1.13. The number of hydrogen-bond donors (Lipinski definition) is 0. The van der Waals surface area contributed by atoms with Gasteiger partial charge >= 0.3 is 0 Å². The van der Waals surface area contributed by atoms with E-state index in [2.05, 4.69) is 45.3 Å². The maximum absolute atomic E-state index is 2.22. The van der Waals surface area contributed by atoms with E-state index in [4.69, 9.17) is 0 Å². The van der Waals surface area contributed by atoms with Gasteiger partial charge in [0.05, 0.1) is 0 Å². The van der Waals surface area contributed by atoms with Gasteiger partial charge in [-0.05, 0) is 12.0 Å².